The Balaban J connectivity index is 1.96. The van der Waals surface area contributed by atoms with E-state index in [-0.39, 0.29) is 5.69 Å². The van der Waals surface area contributed by atoms with Crippen molar-refractivity contribution < 1.29 is 4.79 Å². The number of nitrogens with zero attached hydrogens (tertiary/aromatic N) is 2. The molecule has 21 heavy (non-hydrogen) atoms. The number of benzene rings is 1. The molecular weight excluding hydrogens is 290 g/mol. The van der Waals surface area contributed by atoms with Crippen molar-refractivity contribution in [2.45, 2.75) is 6.92 Å². The van der Waals surface area contributed by atoms with Crippen molar-refractivity contribution in [2.24, 2.45) is 0 Å². The summed E-state index contributed by atoms with van der Waals surface area (Å²) >= 11 is 6.26. The molecule has 3 rings (SSSR count). The van der Waals surface area contributed by atoms with Crippen LogP contribution in [0.15, 0.2) is 30.6 Å². The summed E-state index contributed by atoms with van der Waals surface area (Å²) in [6, 6.07) is 5.24. The van der Waals surface area contributed by atoms with Crippen LogP contribution in [0.25, 0.3) is 10.9 Å². The summed E-state index contributed by atoms with van der Waals surface area (Å²) in [4.78, 5) is 16.3. The number of amides is 1. The Morgan fingerprint density at radius 1 is 1.38 bits per heavy atom. The van der Waals surface area contributed by atoms with Crippen LogP contribution in [0, 0.1) is 6.92 Å². The van der Waals surface area contributed by atoms with Gasteiger partial charge in [0.1, 0.15) is 0 Å². The van der Waals surface area contributed by atoms with Gasteiger partial charge in [-0.25, -0.2) is 4.98 Å². The van der Waals surface area contributed by atoms with Gasteiger partial charge in [-0.3, -0.25) is 9.89 Å². The van der Waals surface area contributed by atoms with Crippen LogP contribution in [-0.4, -0.2) is 21.1 Å². The highest BCUT2D eigenvalue weighted by Gasteiger charge is 2.15. The topological polar surface area (TPSA) is 96.7 Å². The molecule has 4 N–H and O–H groups in total. The fraction of sp³-hybridized carbons (Fsp3) is 0.0714. The van der Waals surface area contributed by atoms with Crippen LogP contribution >= 0.6 is 11.6 Å². The molecule has 0 atom stereocenters. The van der Waals surface area contributed by atoms with Gasteiger partial charge in [0, 0.05) is 11.6 Å². The van der Waals surface area contributed by atoms with Crippen molar-refractivity contribution in [3.05, 3.63) is 46.9 Å². The Kier molecular flexibility index (Phi) is 3.23. The molecule has 106 valence electrons. The molecule has 1 amide bonds. The molecule has 7 heteroatoms. The summed E-state index contributed by atoms with van der Waals surface area (Å²) in [7, 11) is 0. The minimum absolute atomic E-state index is 0.179. The second-order valence-corrected chi connectivity index (χ2v) is 4.98. The van der Waals surface area contributed by atoms with E-state index in [9.17, 15) is 4.79 Å². The first-order chi connectivity index (χ1) is 10.1. The lowest BCUT2D eigenvalue weighted by atomic mass is 10.2. The number of anilines is 2. The van der Waals surface area contributed by atoms with Crippen LogP contribution < -0.4 is 11.1 Å². The van der Waals surface area contributed by atoms with E-state index in [0.29, 0.717) is 16.4 Å². The van der Waals surface area contributed by atoms with E-state index in [1.807, 2.05) is 6.92 Å². The number of nitrogens with one attached hydrogen (secondary N) is 2. The van der Waals surface area contributed by atoms with E-state index in [1.165, 1.54) is 0 Å². The van der Waals surface area contributed by atoms with Crippen molar-refractivity contribution in [3.8, 4) is 0 Å². The number of fused-ring (bicyclic) bond motifs is 1. The first kappa shape index (κ1) is 13.4. The van der Waals surface area contributed by atoms with Gasteiger partial charge in [0.05, 0.1) is 28.1 Å². The highest BCUT2D eigenvalue weighted by Crippen LogP contribution is 2.30. The number of aryl methyl sites for hydroxylation is 1. The van der Waals surface area contributed by atoms with Gasteiger partial charge in [-0.1, -0.05) is 11.6 Å². The van der Waals surface area contributed by atoms with Crippen LogP contribution in [0.1, 0.15) is 16.1 Å². The second-order valence-electron chi connectivity index (χ2n) is 4.60. The van der Waals surface area contributed by atoms with Crippen LogP contribution in [0.2, 0.25) is 5.02 Å². The number of hydrogen-bond donors (Lipinski definition) is 3. The molecule has 0 aliphatic carbocycles. The zero-order valence-corrected chi connectivity index (χ0v) is 11.9. The van der Waals surface area contributed by atoms with E-state index in [2.05, 4.69) is 20.5 Å². The lowest BCUT2D eigenvalue weighted by Crippen LogP contribution is -2.16. The summed E-state index contributed by atoms with van der Waals surface area (Å²) in [6.07, 6.45) is 3.15. The summed E-state index contributed by atoms with van der Waals surface area (Å²) in [5.74, 6) is -0.402. The number of carbonyl (C=O) groups excluding carboxylic acids is 1. The number of halogens is 1. The molecule has 0 aliphatic rings. The van der Waals surface area contributed by atoms with Gasteiger partial charge in [0.25, 0.3) is 5.91 Å². The number of aromatic nitrogens is 3. The number of aromatic amines is 1. The van der Waals surface area contributed by atoms with Crippen LogP contribution in [0.5, 0.6) is 0 Å². The average Bonchev–Trinajstić information content (AvgIpc) is 2.94. The molecular formula is C14H12ClN5O. The SMILES string of the molecule is Cc1ccnc(C(=O)Nc2ccc3[nH]ncc3c2Cl)c1N. The number of H-pyrrole nitrogens is 1. The van der Waals surface area contributed by atoms with Gasteiger partial charge in [0.2, 0.25) is 0 Å². The molecule has 0 spiro atoms. The van der Waals surface area contributed by atoms with E-state index in [0.717, 1.165) is 16.5 Å². The maximum atomic E-state index is 12.3. The monoisotopic (exact) mass is 301 g/mol. The molecule has 6 nitrogen and oxygen atoms in total. The Labute approximate surface area is 125 Å². The van der Waals surface area contributed by atoms with Gasteiger partial charge < -0.3 is 11.1 Å². The molecule has 0 bridgehead atoms. The predicted molar refractivity (Wildman–Crippen MR) is 82.4 cm³/mol. The Bertz CT molecular complexity index is 842. The highest BCUT2D eigenvalue weighted by atomic mass is 35.5. The summed E-state index contributed by atoms with van der Waals surface area (Å²) in [5.41, 5.74) is 8.49. The number of rotatable bonds is 2. The lowest BCUT2D eigenvalue weighted by molar-refractivity contribution is 0.102. The zero-order valence-electron chi connectivity index (χ0n) is 11.1. The Morgan fingerprint density at radius 3 is 3.00 bits per heavy atom. The minimum Gasteiger partial charge on any atom is -0.397 e. The Morgan fingerprint density at radius 2 is 2.19 bits per heavy atom. The minimum atomic E-state index is -0.402. The van der Waals surface area contributed by atoms with Crippen LogP contribution in [0.3, 0.4) is 0 Å². The highest BCUT2D eigenvalue weighted by molar-refractivity contribution is 6.38. The molecule has 2 aromatic heterocycles. The smallest absolute Gasteiger partial charge is 0.276 e. The van der Waals surface area contributed by atoms with E-state index >= 15 is 0 Å². The predicted octanol–water partition coefficient (Wildman–Crippen LogP) is 2.75. The van der Waals surface area contributed by atoms with Crippen LogP contribution in [0.4, 0.5) is 11.4 Å². The molecule has 0 fully saturated rings. The first-order valence-corrected chi connectivity index (χ1v) is 6.59. The Hall–Kier alpha value is -2.60. The largest absolute Gasteiger partial charge is 0.397 e. The lowest BCUT2D eigenvalue weighted by Gasteiger charge is -2.10. The van der Waals surface area contributed by atoms with Crippen molar-refractivity contribution in [2.75, 3.05) is 11.1 Å². The molecule has 1 aromatic carbocycles. The molecule has 0 saturated carbocycles. The third-order valence-corrected chi connectivity index (χ3v) is 3.64. The van der Waals surface area contributed by atoms with E-state index < -0.39 is 5.91 Å². The molecule has 2 heterocycles. The fourth-order valence-electron chi connectivity index (χ4n) is 2.01. The fourth-order valence-corrected chi connectivity index (χ4v) is 2.27. The summed E-state index contributed by atoms with van der Waals surface area (Å²) in [6.45, 7) is 1.82. The third-order valence-electron chi connectivity index (χ3n) is 3.23. The zero-order chi connectivity index (χ0) is 15.0. The molecule has 0 aliphatic heterocycles. The quantitative estimate of drug-likeness (QED) is 0.678. The maximum absolute atomic E-state index is 12.3. The normalized spacial score (nSPS) is 10.8. The van der Waals surface area contributed by atoms with E-state index in [4.69, 9.17) is 17.3 Å². The summed E-state index contributed by atoms with van der Waals surface area (Å²) in [5, 5.41) is 10.6. The van der Waals surface area contributed by atoms with Crippen LogP contribution in [-0.2, 0) is 0 Å². The second kappa shape index (κ2) is 5.06. The average molecular weight is 302 g/mol. The van der Waals surface area contributed by atoms with Crippen molar-refractivity contribution in [1.29, 1.82) is 0 Å². The number of nitrogens with two attached hydrogens (primary N) is 1. The molecule has 3 aromatic rings. The van der Waals surface area contributed by atoms with Gasteiger partial charge in [-0.05, 0) is 30.7 Å². The molecule has 0 unspecified atom stereocenters. The number of carbonyl (C=O) groups is 1. The number of hydrogen-bond acceptors (Lipinski definition) is 4. The van der Waals surface area contributed by atoms with Gasteiger partial charge >= 0.3 is 0 Å². The first-order valence-electron chi connectivity index (χ1n) is 6.22. The van der Waals surface area contributed by atoms with Crippen molar-refractivity contribution in [1.82, 2.24) is 15.2 Å². The van der Waals surface area contributed by atoms with Gasteiger partial charge in [0.15, 0.2) is 5.69 Å². The molecule has 0 saturated heterocycles. The van der Waals surface area contributed by atoms with Crippen molar-refractivity contribution in [3.63, 3.8) is 0 Å². The maximum Gasteiger partial charge on any atom is 0.276 e. The van der Waals surface area contributed by atoms with Gasteiger partial charge in [-0.15, -0.1) is 0 Å². The standard InChI is InChI=1S/C14H12ClN5O/c1-7-4-5-17-13(12(7)16)14(21)19-10-3-2-9-8(11(10)15)6-18-20-9/h2-6H,16H2,1H3,(H,18,20)(H,19,21). The summed E-state index contributed by atoms with van der Waals surface area (Å²) < 4.78 is 0. The van der Waals surface area contributed by atoms with Gasteiger partial charge in [-0.2, -0.15) is 5.10 Å². The molecule has 0 radical (unpaired) electrons. The number of nitrogen functional groups attached to an aromatic ring is 1. The van der Waals surface area contributed by atoms with Crippen molar-refractivity contribution >= 4 is 39.8 Å². The van der Waals surface area contributed by atoms with E-state index in [1.54, 1.807) is 30.6 Å². The number of pyridine rings is 1. The third kappa shape index (κ3) is 2.30.